The average molecular weight is 358 g/mol. The van der Waals surface area contributed by atoms with E-state index in [1.807, 2.05) is 43.3 Å². The number of para-hydroxylation sites is 1. The van der Waals surface area contributed by atoms with Gasteiger partial charge >= 0.3 is 0 Å². The van der Waals surface area contributed by atoms with E-state index in [1.54, 1.807) is 24.3 Å². The van der Waals surface area contributed by atoms with Crippen LogP contribution in [0.2, 0.25) is 0 Å². The number of carbonyl (C=O) groups is 1. The summed E-state index contributed by atoms with van der Waals surface area (Å²) in [5.74, 6) is -0.0973. The lowest BCUT2D eigenvalue weighted by Crippen LogP contribution is -2.15. The summed E-state index contributed by atoms with van der Waals surface area (Å²) >= 11 is 0. The highest BCUT2D eigenvalue weighted by Crippen LogP contribution is 2.19. The minimum atomic E-state index is -0.341. The Kier molecular flexibility index (Phi) is 5.28. The zero-order chi connectivity index (χ0) is 19.2. The largest absolute Gasteiger partial charge is 0.378 e. The van der Waals surface area contributed by atoms with Gasteiger partial charge in [-0.05, 0) is 42.5 Å². The molecule has 0 aliphatic rings. The van der Waals surface area contributed by atoms with Crippen LogP contribution < -0.4 is 15.5 Å². The predicted molar refractivity (Wildman–Crippen MR) is 105 cm³/mol. The van der Waals surface area contributed by atoms with Crippen molar-refractivity contribution in [3.63, 3.8) is 0 Å². The molecule has 1 amide bonds. The molecule has 0 spiro atoms. The lowest BCUT2D eigenvalue weighted by Gasteiger charge is -2.13. The highest BCUT2D eigenvalue weighted by Gasteiger charge is 2.10. The van der Waals surface area contributed by atoms with E-state index in [-0.39, 0.29) is 17.5 Å². The van der Waals surface area contributed by atoms with Crippen LogP contribution in [0.4, 0.5) is 23.0 Å². The van der Waals surface area contributed by atoms with Gasteiger partial charge in [0, 0.05) is 31.7 Å². The zero-order valence-electron chi connectivity index (χ0n) is 15.0. The van der Waals surface area contributed by atoms with Crippen LogP contribution >= 0.6 is 0 Å². The van der Waals surface area contributed by atoms with Crippen molar-refractivity contribution in [1.82, 2.24) is 9.97 Å². The second-order valence-corrected chi connectivity index (χ2v) is 5.94. The van der Waals surface area contributed by atoms with Crippen LogP contribution in [0.25, 0.3) is 0 Å². The van der Waals surface area contributed by atoms with Gasteiger partial charge in [-0.3, -0.25) is 4.79 Å². The number of hydrogen-bond donors (Lipinski definition) is 2. The number of rotatable bonds is 5. The van der Waals surface area contributed by atoms with Gasteiger partial charge in [0.15, 0.2) is 0 Å². The third-order valence-electron chi connectivity index (χ3n) is 3.82. The summed E-state index contributed by atoms with van der Waals surface area (Å²) in [6.45, 7) is 0. The van der Waals surface area contributed by atoms with Crippen LogP contribution in [0.1, 0.15) is 16.1 Å². The topological polar surface area (TPSA) is 93.9 Å². The normalized spacial score (nSPS) is 9.96. The smallest absolute Gasteiger partial charge is 0.274 e. The molecule has 0 unspecified atom stereocenters. The van der Waals surface area contributed by atoms with Gasteiger partial charge in [-0.2, -0.15) is 5.26 Å². The summed E-state index contributed by atoms with van der Waals surface area (Å²) in [5, 5.41) is 14.9. The number of anilines is 4. The molecular weight excluding hydrogens is 340 g/mol. The van der Waals surface area contributed by atoms with Gasteiger partial charge < -0.3 is 15.5 Å². The average Bonchev–Trinajstić information content (AvgIpc) is 2.69. The van der Waals surface area contributed by atoms with E-state index in [1.165, 1.54) is 12.3 Å². The summed E-state index contributed by atoms with van der Waals surface area (Å²) in [6, 6.07) is 18.1. The Hall–Kier alpha value is -3.92. The fourth-order valence-corrected chi connectivity index (χ4v) is 2.39. The van der Waals surface area contributed by atoms with Crippen molar-refractivity contribution in [3.05, 3.63) is 72.1 Å². The van der Waals surface area contributed by atoms with Gasteiger partial charge in [-0.25, -0.2) is 9.97 Å². The number of nitrogens with zero attached hydrogens (tertiary/aromatic N) is 4. The Morgan fingerprint density at radius 2 is 1.81 bits per heavy atom. The van der Waals surface area contributed by atoms with Crippen molar-refractivity contribution in [2.24, 2.45) is 0 Å². The van der Waals surface area contributed by atoms with E-state index in [0.29, 0.717) is 16.9 Å². The molecule has 0 saturated carbocycles. The molecule has 0 radical (unpaired) electrons. The van der Waals surface area contributed by atoms with Crippen LogP contribution in [0, 0.1) is 11.3 Å². The van der Waals surface area contributed by atoms with Crippen molar-refractivity contribution in [2.45, 2.75) is 0 Å². The molecule has 0 saturated heterocycles. The summed E-state index contributed by atoms with van der Waals surface area (Å²) in [6.07, 6.45) is 1.49. The van der Waals surface area contributed by atoms with Gasteiger partial charge in [0.2, 0.25) is 5.95 Å². The number of nitrogens with one attached hydrogen (secondary N) is 2. The maximum Gasteiger partial charge on any atom is 0.274 e. The fraction of sp³-hybridized carbons (Fsp3) is 0.100. The second-order valence-electron chi connectivity index (χ2n) is 5.94. The number of carbonyl (C=O) groups excluding carboxylic acids is 1. The third kappa shape index (κ3) is 4.38. The molecule has 0 atom stereocenters. The predicted octanol–water partition coefficient (Wildman–Crippen LogP) is 3.41. The molecule has 7 nitrogen and oxygen atoms in total. The maximum atomic E-state index is 12.5. The molecule has 27 heavy (non-hydrogen) atoms. The molecule has 2 N–H and O–H groups in total. The summed E-state index contributed by atoms with van der Waals surface area (Å²) in [4.78, 5) is 22.8. The first kappa shape index (κ1) is 17.9. The maximum absolute atomic E-state index is 12.5. The molecular formula is C20H18N6O. The lowest BCUT2D eigenvalue weighted by molar-refractivity contribution is 0.102. The van der Waals surface area contributed by atoms with Crippen molar-refractivity contribution in [3.8, 4) is 6.07 Å². The SMILES string of the molecule is CN(C)c1ccc(NC(=O)c2ccnc(Nc3ccccc3C#N)n2)cc1. The van der Waals surface area contributed by atoms with Gasteiger partial charge in [0.05, 0.1) is 11.3 Å². The van der Waals surface area contributed by atoms with E-state index in [2.05, 4.69) is 26.7 Å². The summed E-state index contributed by atoms with van der Waals surface area (Å²) in [5.41, 5.74) is 2.98. The number of nitriles is 1. The van der Waals surface area contributed by atoms with E-state index >= 15 is 0 Å². The molecule has 2 aromatic carbocycles. The van der Waals surface area contributed by atoms with Crippen LogP contribution in [0.5, 0.6) is 0 Å². The Balaban J connectivity index is 1.74. The first-order valence-corrected chi connectivity index (χ1v) is 8.25. The first-order chi connectivity index (χ1) is 13.1. The number of hydrogen-bond acceptors (Lipinski definition) is 6. The Morgan fingerprint density at radius 1 is 1.07 bits per heavy atom. The monoisotopic (exact) mass is 358 g/mol. The Bertz CT molecular complexity index is 992. The standard InChI is InChI=1S/C20H18N6O/c1-26(2)16-9-7-15(8-10-16)23-19(27)18-11-12-22-20(25-18)24-17-6-4-3-5-14(17)13-21/h3-12H,1-2H3,(H,23,27)(H,22,24,25). The number of aromatic nitrogens is 2. The van der Waals surface area contributed by atoms with Crippen LogP contribution in [-0.4, -0.2) is 30.0 Å². The molecule has 3 aromatic rings. The first-order valence-electron chi connectivity index (χ1n) is 8.25. The van der Waals surface area contributed by atoms with Gasteiger partial charge in [-0.1, -0.05) is 12.1 Å². The second kappa shape index (κ2) is 7.97. The van der Waals surface area contributed by atoms with Gasteiger partial charge in [-0.15, -0.1) is 0 Å². The van der Waals surface area contributed by atoms with E-state index in [9.17, 15) is 4.79 Å². The highest BCUT2D eigenvalue weighted by atomic mass is 16.1. The number of amides is 1. The highest BCUT2D eigenvalue weighted by molar-refractivity contribution is 6.03. The molecule has 0 aliphatic heterocycles. The Morgan fingerprint density at radius 3 is 2.52 bits per heavy atom. The molecule has 7 heteroatoms. The zero-order valence-corrected chi connectivity index (χ0v) is 15.0. The van der Waals surface area contributed by atoms with E-state index in [4.69, 9.17) is 5.26 Å². The fourth-order valence-electron chi connectivity index (χ4n) is 2.39. The van der Waals surface area contributed by atoms with Gasteiger partial charge in [0.1, 0.15) is 11.8 Å². The molecule has 3 rings (SSSR count). The van der Waals surface area contributed by atoms with E-state index in [0.717, 1.165) is 5.69 Å². The van der Waals surface area contributed by atoms with Gasteiger partial charge in [0.25, 0.3) is 5.91 Å². The minimum absolute atomic E-state index is 0.221. The third-order valence-corrected chi connectivity index (χ3v) is 3.82. The van der Waals surface area contributed by atoms with Crippen molar-refractivity contribution >= 4 is 28.9 Å². The van der Waals surface area contributed by atoms with Crippen molar-refractivity contribution in [1.29, 1.82) is 5.26 Å². The summed E-state index contributed by atoms with van der Waals surface area (Å²) in [7, 11) is 3.90. The van der Waals surface area contributed by atoms with Crippen LogP contribution in [-0.2, 0) is 0 Å². The molecule has 1 heterocycles. The molecule has 0 fully saturated rings. The molecule has 0 bridgehead atoms. The molecule has 0 aliphatic carbocycles. The van der Waals surface area contributed by atoms with Crippen molar-refractivity contribution < 1.29 is 4.79 Å². The van der Waals surface area contributed by atoms with Crippen molar-refractivity contribution in [2.75, 3.05) is 29.6 Å². The van der Waals surface area contributed by atoms with E-state index < -0.39 is 0 Å². The minimum Gasteiger partial charge on any atom is -0.378 e. The molecule has 134 valence electrons. The number of benzene rings is 2. The van der Waals surface area contributed by atoms with Crippen LogP contribution in [0.15, 0.2) is 60.8 Å². The summed E-state index contributed by atoms with van der Waals surface area (Å²) < 4.78 is 0. The lowest BCUT2D eigenvalue weighted by atomic mass is 10.2. The van der Waals surface area contributed by atoms with Crippen LogP contribution in [0.3, 0.4) is 0 Å². The Labute approximate surface area is 157 Å². The molecule has 1 aromatic heterocycles. The quantitative estimate of drug-likeness (QED) is 0.726.